The zero-order valence-corrected chi connectivity index (χ0v) is 15.9. The largest absolute Gasteiger partial charge is 0.347 e. The van der Waals surface area contributed by atoms with E-state index in [0.717, 1.165) is 35.6 Å². The number of nitrogens with one attached hydrogen (secondary N) is 2. The summed E-state index contributed by atoms with van der Waals surface area (Å²) < 4.78 is 0. The monoisotopic (exact) mass is 344 g/mol. The number of amides is 2. The van der Waals surface area contributed by atoms with Crippen molar-refractivity contribution in [3.8, 4) is 0 Å². The van der Waals surface area contributed by atoms with Crippen molar-refractivity contribution in [2.75, 3.05) is 11.9 Å². The van der Waals surface area contributed by atoms with Gasteiger partial charge in [0.25, 0.3) is 0 Å². The molecule has 1 aromatic rings. The van der Waals surface area contributed by atoms with Crippen LogP contribution in [0.1, 0.15) is 68.1 Å². The third kappa shape index (κ3) is 6.52. The summed E-state index contributed by atoms with van der Waals surface area (Å²) in [5.74, 6) is 0.608. The molecule has 0 bridgehead atoms. The van der Waals surface area contributed by atoms with Gasteiger partial charge in [0.05, 0.1) is 6.54 Å². The van der Waals surface area contributed by atoms with Crippen LogP contribution in [0, 0.1) is 26.7 Å². The Morgan fingerprint density at radius 3 is 2.28 bits per heavy atom. The molecule has 1 saturated carbocycles. The summed E-state index contributed by atoms with van der Waals surface area (Å²) >= 11 is 0. The molecule has 1 aliphatic carbocycles. The van der Waals surface area contributed by atoms with E-state index in [0.29, 0.717) is 6.42 Å². The Kier molecular flexibility index (Phi) is 7.48. The zero-order valence-electron chi connectivity index (χ0n) is 15.9. The van der Waals surface area contributed by atoms with E-state index >= 15 is 0 Å². The highest BCUT2D eigenvalue weighted by atomic mass is 16.2. The molecule has 4 heteroatoms. The lowest BCUT2D eigenvalue weighted by molar-refractivity contribution is -0.124. The van der Waals surface area contributed by atoms with Crippen LogP contribution in [0.3, 0.4) is 0 Å². The van der Waals surface area contributed by atoms with Gasteiger partial charge in [-0.1, -0.05) is 49.8 Å². The molecule has 138 valence electrons. The lowest BCUT2D eigenvalue weighted by atomic mass is 9.86. The predicted octanol–water partition coefficient (Wildman–Crippen LogP) is 4.42. The molecule has 0 spiro atoms. The SMILES string of the molecule is Cc1cc(C)c(NC(=O)CNC(=O)CCCC2CCCCC2)c(C)c1. The minimum Gasteiger partial charge on any atom is -0.347 e. The molecule has 1 aliphatic rings. The smallest absolute Gasteiger partial charge is 0.243 e. The highest BCUT2D eigenvalue weighted by Crippen LogP contribution is 2.27. The molecule has 2 amide bonds. The van der Waals surface area contributed by atoms with Gasteiger partial charge in [-0.15, -0.1) is 0 Å². The van der Waals surface area contributed by atoms with E-state index in [1.807, 2.05) is 32.9 Å². The van der Waals surface area contributed by atoms with E-state index in [2.05, 4.69) is 10.6 Å². The summed E-state index contributed by atoms with van der Waals surface area (Å²) in [5, 5.41) is 5.65. The number of carbonyl (C=O) groups is 2. The second-order valence-corrected chi connectivity index (χ2v) is 7.49. The number of hydrogen-bond acceptors (Lipinski definition) is 2. The van der Waals surface area contributed by atoms with Crippen molar-refractivity contribution in [2.45, 2.75) is 72.1 Å². The molecule has 25 heavy (non-hydrogen) atoms. The van der Waals surface area contributed by atoms with Gasteiger partial charge in [-0.25, -0.2) is 0 Å². The van der Waals surface area contributed by atoms with E-state index in [1.54, 1.807) is 0 Å². The summed E-state index contributed by atoms with van der Waals surface area (Å²) in [6.07, 6.45) is 9.27. The first-order chi connectivity index (χ1) is 12.0. The van der Waals surface area contributed by atoms with Gasteiger partial charge in [-0.05, 0) is 50.7 Å². The second-order valence-electron chi connectivity index (χ2n) is 7.49. The van der Waals surface area contributed by atoms with Crippen LogP contribution in [-0.2, 0) is 9.59 Å². The van der Waals surface area contributed by atoms with Gasteiger partial charge < -0.3 is 10.6 Å². The zero-order chi connectivity index (χ0) is 18.2. The van der Waals surface area contributed by atoms with Crippen molar-refractivity contribution in [3.05, 3.63) is 28.8 Å². The quantitative estimate of drug-likeness (QED) is 0.769. The molecule has 1 aromatic carbocycles. The predicted molar refractivity (Wildman–Crippen MR) is 103 cm³/mol. The van der Waals surface area contributed by atoms with Crippen LogP contribution in [0.2, 0.25) is 0 Å². The first-order valence-corrected chi connectivity index (χ1v) is 9.60. The molecule has 0 atom stereocenters. The van der Waals surface area contributed by atoms with Gasteiger partial charge in [0.2, 0.25) is 11.8 Å². The maximum atomic E-state index is 12.1. The molecule has 2 N–H and O–H groups in total. The minimum absolute atomic E-state index is 0.0247. The summed E-state index contributed by atoms with van der Waals surface area (Å²) in [6, 6.07) is 4.10. The molecule has 0 unspecified atom stereocenters. The van der Waals surface area contributed by atoms with E-state index in [4.69, 9.17) is 0 Å². The molecule has 1 fully saturated rings. The van der Waals surface area contributed by atoms with Crippen molar-refractivity contribution < 1.29 is 9.59 Å². The van der Waals surface area contributed by atoms with Gasteiger partial charge in [-0.3, -0.25) is 9.59 Å². The van der Waals surface area contributed by atoms with Gasteiger partial charge in [0.1, 0.15) is 0 Å². The Balaban J connectivity index is 1.68. The van der Waals surface area contributed by atoms with Crippen LogP contribution < -0.4 is 10.6 Å². The number of rotatable bonds is 7. The molecule has 2 rings (SSSR count). The third-order valence-electron chi connectivity index (χ3n) is 5.13. The Bertz CT molecular complexity index is 581. The fourth-order valence-corrected chi connectivity index (χ4v) is 3.86. The first-order valence-electron chi connectivity index (χ1n) is 9.60. The lowest BCUT2D eigenvalue weighted by Crippen LogP contribution is -2.33. The van der Waals surface area contributed by atoms with E-state index in [1.165, 1.54) is 37.7 Å². The number of aryl methyl sites for hydroxylation is 3. The van der Waals surface area contributed by atoms with Crippen LogP contribution in [0.15, 0.2) is 12.1 Å². The fraction of sp³-hybridized carbons (Fsp3) is 0.619. The minimum atomic E-state index is -0.171. The van der Waals surface area contributed by atoms with Gasteiger partial charge in [-0.2, -0.15) is 0 Å². The molecule has 0 aromatic heterocycles. The molecular formula is C21H32N2O2. The molecule has 4 nitrogen and oxygen atoms in total. The Hall–Kier alpha value is -1.84. The fourth-order valence-electron chi connectivity index (χ4n) is 3.86. The van der Waals surface area contributed by atoms with Crippen LogP contribution >= 0.6 is 0 Å². The van der Waals surface area contributed by atoms with Crippen LogP contribution in [0.4, 0.5) is 5.69 Å². The molecule has 0 saturated heterocycles. The molecule has 0 aliphatic heterocycles. The highest BCUT2D eigenvalue weighted by Gasteiger charge is 2.14. The Morgan fingerprint density at radius 1 is 1.00 bits per heavy atom. The summed E-state index contributed by atoms with van der Waals surface area (Å²) in [7, 11) is 0. The number of carbonyl (C=O) groups excluding carboxylic acids is 2. The maximum Gasteiger partial charge on any atom is 0.243 e. The second kappa shape index (κ2) is 9.59. The average Bonchev–Trinajstić information content (AvgIpc) is 2.57. The van der Waals surface area contributed by atoms with Crippen LogP contribution in [-0.4, -0.2) is 18.4 Å². The molecular weight excluding hydrogens is 312 g/mol. The van der Waals surface area contributed by atoms with Crippen molar-refractivity contribution in [3.63, 3.8) is 0 Å². The van der Waals surface area contributed by atoms with Crippen molar-refractivity contribution in [2.24, 2.45) is 5.92 Å². The standard InChI is InChI=1S/C21H32N2O2/c1-15-12-16(2)21(17(3)13-15)23-20(25)14-22-19(24)11-7-10-18-8-5-4-6-9-18/h12-13,18H,4-11,14H2,1-3H3,(H,22,24)(H,23,25). The summed E-state index contributed by atoms with van der Waals surface area (Å²) in [6.45, 7) is 6.05. The van der Waals surface area contributed by atoms with E-state index in [9.17, 15) is 9.59 Å². The summed E-state index contributed by atoms with van der Waals surface area (Å²) in [4.78, 5) is 24.0. The Labute approximate surface area is 151 Å². The topological polar surface area (TPSA) is 58.2 Å². The first kappa shape index (κ1) is 19.5. The summed E-state index contributed by atoms with van der Waals surface area (Å²) in [5.41, 5.74) is 4.12. The normalized spacial score (nSPS) is 15.0. The van der Waals surface area contributed by atoms with E-state index < -0.39 is 0 Å². The van der Waals surface area contributed by atoms with Gasteiger partial charge in [0, 0.05) is 12.1 Å². The van der Waals surface area contributed by atoms with E-state index in [-0.39, 0.29) is 18.4 Å². The van der Waals surface area contributed by atoms with Crippen LogP contribution in [0.5, 0.6) is 0 Å². The van der Waals surface area contributed by atoms with Gasteiger partial charge >= 0.3 is 0 Å². The third-order valence-corrected chi connectivity index (χ3v) is 5.13. The highest BCUT2D eigenvalue weighted by molar-refractivity contribution is 5.95. The maximum absolute atomic E-state index is 12.1. The van der Waals surface area contributed by atoms with Crippen molar-refractivity contribution >= 4 is 17.5 Å². The molecule has 0 heterocycles. The molecule has 0 radical (unpaired) electrons. The van der Waals surface area contributed by atoms with Gasteiger partial charge in [0.15, 0.2) is 0 Å². The van der Waals surface area contributed by atoms with Crippen molar-refractivity contribution in [1.82, 2.24) is 5.32 Å². The lowest BCUT2D eigenvalue weighted by Gasteiger charge is -2.21. The number of hydrogen-bond donors (Lipinski definition) is 2. The number of anilines is 1. The van der Waals surface area contributed by atoms with Crippen molar-refractivity contribution in [1.29, 1.82) is 0 Å². The van der Waals surface area contributed by atoms with Crippen LogP contribution in [0.25, 0.3) is 0 Å². The Morgan fingerprint density at radius 2 is 1.64 bits per heavy atom. The average molecular weight is 344 g/mol. The number of benzene rings is 1.